The van der Waals surface area contributed by atoms with Crippen LogP contribution in [0.4, 0.5) is 5.69 Å². The van der Waals surface area contributed by atoms with Gasteiger partial charge in [0, 0.05) is 12.6 Å². The smallest absolute Gasteiger partial charge is 0.264 e. The highest BCUT2D eigenvalue weighted by atomic mass is 32.2. The van der Waals surface area contributed by atoms with Gasteiger partial charge >= 0.3 is 0 Å². The second-order valence-electron chi connectivity index (χ2n) is 9.36. The molecule has 0 unspecified atom stereocenters. The number of hydrogen-bond donors (Lipinski definition) is 1. The van der Waals surface area contributed by atoms with Crippen LogP contribution >= 0.6 is 0 Å². The number of carbonyl (C=O) groups excluding carboxylic acids is 2. The molecule has 0 saturated heterocycles. The zero-order valence-corrected chi connectivity index (χ0v) is 24.4. The molecule has 1 N–H and O–H groups in total. The van der Waals surface area contributed by atoms with Crippen molar-refractivity contribution in [2.45, 2.75) is 50.7 Å². The Hall–Kier alpha value is -4.05. The van der Waals surface area contributed by atoms with Gasteiger partial charge in [-0.2, -0.15) is 0 Å². The fourth-order valence-corrected chi connectivity index (χ4v) is 5.53. The molecule has 3 aromatic carbocycles. The van der Waals surface area contributed by atoms with E-state index in [1.54, 1.807) is 74.7 Å². The average molecular weight is 568 g/mol. The first-order valence-corrected chi connectivity index (χ1v) is 14.5. The van der Waals surface area contributed by atoms with E-state index >= 15 is 0 Å². The number of hydrogen-bond acceptors (Lipinski definition) is 6. The van der Waals surface area contributed by atoms with Gasteiger partial charge < -0.3 is 19.7 Å². The summed E-state index contributed by atoms with van der Waals surface area (Å²) in [6, 6.07) is 20.7. The molecule has 0 saturated carbocycles. The van der Waals surface area contributed by atoms with Crippen molar-refractivity contribution in [2.75, 3.05) is 25.1 Å². The molecule has 0 aliphatic heterocycles. The van der Waals surface area contributed by atoms with Crippen molar-refractivity contribution >= 4 is 27.5 Å². The zero-order chi connectivity index (χ0) is 29.3. The fourth-order valence-electron chi connectivity index (χ4n) is 4.08. The summed E-state index contributed by atoms with van der Waals surface area (Å²) >= 11 is 0. The monoisotopic (exact) mass is 567 g/mol. The third kappa shape index (κ3) is 7.32. The van der Waals surface area contributed by atoms with Gasteiger partial charge in [-0.1, -0.05) is 49.4 Å². The van der Waals surface area contributed by atoms with Crippen LogP contribution < -0.4 is 19.1 Å². The van der Waals surface area contributed by atoms with Gasteiger partial charge in [-0.3, -0.25) is 13.9 Å². The largest absolute Gasteiger partial charge is 0.497 e. The molecule has 0 aromatic heterocycles. The summed E-state index contributed by atoms with van der Waals surface area (Å²) in [5.74, 6) is 0.000939. The first kappa shape index (κ1) is 30.5. The number of anilines is 1. The van der Waals surface area contributed by atoms with Crippen LogP contribution in [0.2, 0.25) is 0 Å². The van der Waals surface area contributed by atoms with Gasteiger partial charge in [0.15, 0.2) is 0 Å². The standard InChI is InChI=1S/C30H37N3O6S/c1-6-22(2)31-30(35)23(3)32(20-24-13-12-14-25(19-24)38-4)29(34)21-33(27-17-10-11-18-28(27)39-5)40(36,37)26-15-8-7-9-16-26/h7-19,22-23H,6,20-21H2,1-5H3,(H,31,35)/t22-,23+/m1/s1. The number of nitrogens with one attached hydrogen (secondary N) is 1. The van der Waals surface area contributed by atoms with Gasteiger partial charge in [0.2, 0.25) is 11.8 Å². The lowest BCUT2D eigenvalue weighted by Gasteiger charge is -2.32. The molecule has 0 radical (unpaired) electrons. The molecule has 10 heteroatoms. The third-order valence-electron chi connectivity index (χ3n) is 6.62. The van der Waals surface area contributed by atoms with E-state index in [0.717, 1.165) is 16.3 Å². The average Bonchev–Trinajstić information content (AvgIpc) is 2.98. The second-order valence-corrected chi connectivity index (χ2v) is 11.2. The van der Waals surface area contributed by atoms with Crippen molar-refractivity contribution in [3.63, 3.8) is 0 Å². The van der Waals surface area contributed by atoms with Gasteiger partial charge in [0.1, 0.15) is 24.1 Å². The maximum absolute atomic E-state index is 14.0. The van der Waals surface area contributed by atoms with E-state index in [9.17, 15) is 18.0 Å². The predicted molar refractivity (Wildman–Crippen MR) is 155 cm³/mol. The van der Waals surface area contributed by atoms with Crippen molar-refractivity contribution < 1.29 is 27.5 Å². The van der Waals surface area contributed by atoms with Crippen LogP contribution in [0.15, 0.2) is 83.8 Å². The maximum Gasteiger partial charge on any atom is 0.264 e. The van der Waals surface area contributed by atoms with Gasteiger partial charge in [-0.05, 0) is 62.2 Å². The maximum atomic E-state index is 14.0. The molecule has 0 fully saturated rings. The zero-order valence-electron chi connectivity index (χ0n) is 23.5. The summed E-state index contributed by atoms with van der Waals surface area (Å²) < 4.78 is 39.6. The minimum absolute atomic E-state index is 0.0237. The quantitative estimate of drug-likeness (QED) is 0.332. The highest BCUT2D eigenvalue weighted by Gasteiger charge is 2.33. The van der Waals surface area contributed by atoms with Crippen molar-refractivity contribution in [3.05, 3.63) is 84.4 Å². The van der Waals surface area contributed by atoms with Gasteiger partial charge in [-0.15, -0.1) is 0 Å². The molecule has 9 nitrogen and oxygen atoms in total. The van der Waals surface area contributed by atoms with Gasteiger partial charge in [0.25, 0.3) is 10.0 Å². The number of rotatable bonds is 13. The molecule has 214 valence electrons. The highest BCUT2D eigenvalue weighted by molar-refractivity contribution is 7.92. The Balaban J connectivity index is 2.06. The van der Waals surface area contributed by atoms with Crippen LogP contribution in [0.1, 0.15) is 32.8 Å². The summed E-state index contributed by atoms with van der Waals surface area (Å²) in [4.78, 5) is 28.6. The molecule has 0 heterocycles. The van der Waals surface area contributed by atoms with E-state index in [0.29, 0.717) is 5.75 Å². The van der Waals surface area contributed by atoms with Crippen LogP contribution in [-0.2, 0) is 26.2 Å². The minimum atomic E-state index is -4.18. The number of para-hydroxylation sites is 2. The van der Waals surface area contributed by atoms with Crippen LogP contribution in [-0.4, -0.2) is 58.0 Å². The van der Waals surface area contributed by atoms with Crippen molar-refractivity contribution in [3.8, 4) is 11.5 Å². The van der Waals surface area contributed by atoms with Crippen molar-refractivity contribution in [1.82, 2.24) is 10.2 Å². The van der Waals surface area contributed by atoms with E-state index in [2.05, 4.69) is 5.32 Å². The normalized spacial score (nSPS) is 12.6. The third-order valence-corrected chi connectivity index (χ3v) is 8.39. The topological polar surface area (TPSA) is 105 Å². The van der Waals surface area contributed by atoms with E-state index in [1.807, 2.05) is 19.9 Å². The summed E-state index contributed by atoms with van der Waals surface area (Å²) in [7, 11) is -1.20. The first-order valence-electron chi connectivity index (χ1n) is 13.1. The van der Waals surface area contributed by atoms with E-state index in [-0.39, 0.29) is 34.8 Å². The minimum Gasteiger partial charge on any atom is -0.497 e. The van der Waals surface area contributed by atoms with Crippen LogP contribution in [0.25, 0.3) is 0 Å². The van der Waals surface area contributed by atoms with Crippen LogP contribution in [0.3, 0.4) is 0 Å². The van der Waals surface area contributed by atoms with Crippen LogP contribution in [0.5, 0.6) is 11.5 Å². The predicted octanol–water partition coefficient (Wildman–Crippen LogP) is 4.23. The van der Waals surface area contributed by atoms with E-state index in [4.69, 9.17) is 9.47 Å². The number of nitrogens with zero attached hydrogens (tertiary/aromatic N) is 2. The lowest BCUT2D eigenvalue weighted by molar-refractivity contribution is -0.139. The lowest BCUT2D eigenvalue weighted by atomic mass is 10.1. The lowest BCUT2D eigenvalue weighted by Crippen LogP contribution is -2.52. The first-order chi connectivity index (χ1) is 19.1. The molecule has 0 aliphatic carbocycles. The molecule has 3 aromatic rings. The fraction of sp³-hybridized carbons (Fsp3) is 0.333. The summed E-state index contributed by atoms with van der Waals surface area (Å²) in [6.07, 6.45) is 0.721. The molecule has 0 bridgehead atoms. The molecular formula is C30H37N3O6S. The van der Waals surface area contributed by atoms with Crippen molar-refractivity contribution in [2.24, 2.45) is 0 Å². The number of benzene rings is 3. The number of ether oxygens (including phenoxy) is 2. The SMILES string of the molecule is CC[C@@H](C)NC(=O)[C@H](C)N(Cc1cccc(OC)c1)C(=O)CN(c1ccccc1OC)S(=O)(=O)c1ccccc1. The summed E-state index contributed by atoms with van der Waals surface area (Å²) in [5.41, 5.74) is 0.936. The molecule has 3 rings (SSSR count). The molecule has 0 aliphatic rings. The highest BCUT2D eigenvalue weighted by Crippen LogP contribution is 2.32. The van der Waals surface area contributed by atoms with Gasteiger partial charge in [-0.25, -0.2) is 8.42 Å². The Morgan fingerprint density at radius 3 is 2.23 bits per heavy atom. The molecule has 0 spiro atoms. The molecule has 2 atom stereocenters. The van der Waals surface area contributed by atoms with E-state index in [1.165, 1.54) is 24.1 Å². The molecular weight excluding hydrogens is 530 g/mol. The second kappa shape index (κ2) is 13.8. The van der Waals surface area contributed by atoms with Gasteiger partial charge in [0.05, 0.1) is 24.8 Å². The summed E-state index contributed by atoms with van der Waals surface area (Å²) in [6.45, 7) is 4.98. The Morgan fingerprint density at radius 2 is 1.57 bits per heavy atom. The molecule has 2 amide bonds. The Bertz CT molecular complexity index is 1400. The number of carbonyl (C=O) groups is 2. The van der Waals surface area contributed by atoms with Crippen LogP contribution in [0, 0.1) is 0 Å². The summed E-state index contributed by atoms with van der Waals surface area (Å²) in [5, 5.41) is 2.92. The van der Waals surface area contributed by atoms with E-state index < -0.39 is 28.5 Å². The Labute approximate surface area is 236 Å². The number of amides is 2. The Morgan fingerprint density at radius 1 is 0.900 bits per heavy atom. The Kier molecular flexibility index (Phi) is 10.6. The number of sulfonamides is 1. The number of methoxy groups -OCH3 is 2. The molecule has 40 heavy (non-hydrogen) atoms. The van der Waals surface area contributed by atoms with Crippen molar-refractivity contribution in [1.29, 1.82) is 0 Å².